The van der Waals surface area contributed by atoms with Gasteiger partial charge in [0.25, 0.3) is 0 Å². The van der Waals surface area contributed by atoms with E-state index in [9.17, 15) is 0 Å². The fourth-order valence-electron chi connectivity index (χ4n) is 2.53. The number of nitrogens with zero attached hydrogens (tertiary/aromatic N) is 2. The molecule has 1 unspecified atom stereocenters. The second-order valence-corrected chi connectivity index (χ2v) is 7.20. The van der Waals surface area contributed by atoms with Crippen LogP contribution in [-0.2, 0) is 6.54 Å². The van der Waals surface area contributed by atoms with Crippen molar-refractivity contribution < 1.29 is 4.74 Å². The zero-order chi connectivity index (χ0) is 15.9. The van der Waals surface area contributed by atoms with Gasteiger partial charge in [0.05, 0.1) is 7.11 Å². The van der Waals surface area contributed by atoms with E-state index in [1.807, 2.05) is 19.2 Å². The average Bonchev–Trinajstić information content (AvgIpc) is 2.56. The Balaban J connectivity index is 1.91. The first-order valence-electron chi connectivity index (χ1n) is 7.84. The van der Waals surface area contributed by atoms with Crippen LogP contribution in [0.2, 0.25) is 0 Å². The molecule has 4 nitrogen and oxygen atoms in total. The fraction of sp³-hybridized carbons (Fsp3) is 0.588. The summed E-state index contributed by atoms with van der Waals surface area (Å²) in [5, 5.41) is 4.17. The molecule has 1 aliphatic heterocycles. The number of benzene rings is 1. The van der Waals surface area contributed by atoms with Gasteiger partial charge in [0.1, 0.15) is 5.75 Å². The van der Waals surface area contributed by atoms with Crippen LogP contribution in [0, 0.1) is 5.92 Å². The summed E-state index contributed by atoms with van der Waals surface area (Å²) in [6.07, 6.45) is 0. The number of ether oxygens (including phenoxy) is 1. The number of aliphatic imine (C=N–C) groups is 1. The van der Waals surface area contributed by atoms with Crippen LogP contribution >= 0.6 is 11.8 Å². The molecule has 0 bridgehead atoms. The molecule has 122 valence electrons. The van der Waals surface area contributed by atoms with Gasteiger partial charge in [-0.1, -0.05) is 26.0 Å². The predicted molar refractivity (Wildman–Crippen MR) is 95.8 cm³/mol. The molecule has 1 saturated heterocycles. The summed E-state index contributed by atoms with van der Waals surface area (Å²) >= 11 is 2.08. The molecule has 0 aromatic heterocycles. The largest absolute Gasteiger partial charge is 0.497 e. The van der Waals surface area contributed by atoms with E-state index < -0.39 is 0 Å². The van der Waals surface area contributed by atoms with Crippen molar-refractivity contribution in [2.75, 3.05) is 33.0 Å². The average molecular weight is 321 g/mol. The molecule has 1 N–H and O–H groups in total. The second-order valence-electron chi connectivity index (χ2n) is 5.85. The zero-order valence-corrected chi connectivity index (χ0v) is 14.8. The first kappa shape index (κ1) is 17.0. The summed E-state index contributed by atoms with van der Waals surface area (Å²) in [5.41, 5.74) is 1.23. The third kappa shape index (κ3) is 4.57. The van der Waals surface area contributed by atoms with Gasteiger partial charge in [0.15, 0.2) is 5.96 Å². The van der Waals surface area contributed by atoms with E-state index in [0.717, 1.165) is 31.3 Å². The Morgan fingerprint density at radius 3 is 2.73 bits per heavy atom. The van der Waals surface area contributed by atoms with Crippen LogP contribution in [0.25, 0.3) is 0 Å². The number of hydrogen-bond donors (Lipinski definition) is 1. The van der Waals surface area contributed by atoms with Crippen LogP contribution in [0.1, 0.15) is 19.4 Å². The Bertz CT molecular complexity index is 487. The number of nitrogens with one attached hydrogen (secondary N) is 1. The fourth-order valence-corrected chi connectivity index (χ4v) is 3.83. The van der Waals surface area contributed by atoms with Crippen molar-refractivity contribution in [3.8, 4) is 5.75 Å². The van der Waals surface area contributed by atoms with E-state index in [4.69, 9.17) is 4.74 Å². The highest BCUT2D eigenvalue weighted by molar-refractivity contribution is 8.00. The van der Waals surface area contributed by atoms with Gasteiger partial charge in [-0.3, -0.25) is 4.99 Å². The summed E-state index contributed by atoms with van der Waals surface area (Å²) in [6.45, 7) is 7.52. The van der Waals surface area contributed by atoms with Gasteiger partial charge >= 0.3 is 0 Å². The molecule has 0 aliphatic carbocycles. The van der Waals surface area contributed by atoms with E-state index >= 15 is 0 Å². The summed E-state index contributed by atoms with van der Waals surface area (Å²) in [4.78, 5) is 6.83. The maximum absolute atomic E-state index is 5.19. The van der Waals surface area contributed by atoms with E-state index in [1.165, 1.54) is 11.3 Å². The first-order chi connectivity index (χ1) is 10.6. The van der Waals surface area contributed by atoms with Crippen LogP contribution in [0.15, 0.2) is 29.3 Å². The minimum absolute atomic E-state index is 0.688. The molecule has 0 radical (unpaired) electrons. The predicted octanol–water partition coefficient (Wildman–Crippen LogP) is 2.84. The van der Waals surface area contributed by atoms with E-state index in [1.54, 1.807) is 7.11 Å². The quantitative estimate of drug-likeness (QED) is 0.683. The second kappa shape index (κ2) is 8.32. The lowest BCUT2D eigenvalue weighted by molar-refractivity contribution is 0.380. The van der Waals surface area contributed by atoms with Crippen molar-refractivity contribution in [3.05, 3.63) is 29.8 Å². The highest BCUT2D eigenvalue weighted by Gasteiger charge is 2.24. The molecule has 0 amide bonds. The number of hydrogen-bond acceptors (Lipinski definition) is 3. The molecule has 0 saturated carbocycles. The van der Waals surface area contributed by atoms with Crippen molar-refractivity contribution in [1.29, 1.82) is 0 Å². The lowest BCUT2D eigenvalue weighted by Gasteiger charge is -2.36. The number of thioether (sulfide) groups is 1. The molecular weight excluding hydrogens is 294 g/mol. The maximum Gasteiger partial charge on any atom is 0.193 e. The molecule has 2 rings (SSSR count). The smallest absolute Gasteiger partial charge is 0.193 e. The van der Waals surface area contributed by atoms with Crippen molar-refractivity contribution in [3.63, 3.8) is 0 Å². The molecule has 1 atom stereocenters. The summed E-state index contributed by atoms with van der Waals surface area (Å²) in [5.74, 6) is 3.77. The van der Waals surface area contributed by atoms with Crippen LogP contribution < -0.4 is 10.1 Å². The molecule has 1 aliphatic rings. The normalized spacial score (nSPS) is 19.4. The Labute approximate surface area is 138 Å². The van der Waals surface area contributed by atoms with Crippen molar-refractivity contribution in [1.82, 2.24) is 10.2 Å². The topological polar surface area (TPSA) is 36.9 Å². The molecule has 0 spiro atoms. The highest BCUT2D eigenvalue weighted by atomic mass is 32.2. The third-order valence-corrected chi connectivity index (χ3v) is 5.50. The lowest BCUT2D eigenvalue weighted by Crippen LogP contribution is -2.48. The highest BCUT2D eigenvalue weighted by Crippen LogP contribution is 2.24. The number of guanidine groups is 1. The molecular formula is C17H27N3OS. The van der Waals surface area contributed by atoms with Gasteiger partial charge in [-0.05, 0) is 23.6 Å². The Kier molecular flexibility index (Phi) is 6.43. The minimum Gasteiger partial charge on any atom is -0.497 e. The standard InChI is InChI=1S/C17H27N3OS/c1-13(2)16-12-20(9-10-22-16)17(18-3)19-11-14-5-7-15(21-4)8-6-14/h5-8,13,16H,9-12H2,1-4H3,(H,18,19). The van der Waals surface area contributed by atoms with Crippen LogP contribution in [0.3, 0.4) is 0 Å². The minimum atomic E-state index is 0.688. The van der Waals surface area contributed by atoms with Crippen molar-refractivity contribution >= 4 is 17.7 Å². The molecule has 1 aromatic carbocycles. The third-order valence-electron chi connectivity index (χ3n) is 3.96. The monoisotopic (exact) mass is 321 g/mol. The van der Waals surface area contributed by atoms with Crippen LogP contribution in [-0.4, -0.2) is 49.1 Å². The van der Waals surface area contributed by atoms with E-state index in [2.05, 4.69) is 53.0 Å². The number of methoxy groups -OCH3 is 1. The Morgan fingerprint density at radius 1 is 1.41 bits per heavy atom. The Hall–Kier alpha value is -1.36. The van der Waals surface area contributed by atoms with Crippen molar-refractivity contribution in [2.45, 2.75) is 25.6 Å². The van der Waals surface area contributed by atoms with Gasteiger partial charge in [-0.15, -0.1) is 0 Å². The summed E-state index contributed by atoms with van der Waals surface area (Å²) in [7, 11) is 3.55. The maximum atomic E-state index is 5.19. The van der Waals surface area contributed by atoms with Gasteiger partial charge < -0.3 is 15.0 Å². The first-order valence-corrected chi connectivity index (χ1v) is 8.89. The molecule has 1 heterocycles. The van der Waals surface area contributed by atoms with E-state index in [-0.39, 0.29) is 0 Å². The van der Waals surface area contributed by atoms with Gasteiger partial charge in [0, 0.05) is 37.7 Å². The summed E-state index contributed by atoms with van der Waals surface area (Å²) in [6, 6.07) is 8.16. The Morgan fingerprint density at radius 2 is 2.14 bits per heavy atom. The lowest BCUT2D eigenvalue weighted by atomic mass is 10.1. The number of rotatable bonds is 4. The van der Waals surface area contributed by atoms with Crippen LogP contribution in [0.5, 0.6) is 5.75 Å². The zero-order valence-electron chi connectivity index (χ0n) is 14.0. The SMILES string of the molecule is CN=C(NCc1ccc(OC)cc1)N1CCSC(C(C)C)C1. The summed E-state index contributed by atoms with van der Waals surface area (Å²) < 4.78 is 5.19. The van der Waals surface area contributed by atoms with Gasteiger partial charge in [-0.25, -0.2) is 0 Å². The van der Waals surface area contributed by atoms with Gasteiger partial charge in [0.2, 0.25) is 0 Å². The van der Waals surface area contributed by atoms with Crippen molar-refractivity contribution in [2.24, 2.45) is 10.9 Å². The molecule has 1 aromatic rings. The van der Waals surface area contributed by atoms with E-state index in [0.29, 0.717) is 11.2 Å². The molecule has 5 heteroatoms. The van der Waals surface area contributed by atoms with Crippen LogP contribution in [0.4, 0.5) is 0 Å². The molecule has 22 heavy (non-hydrogen) atoms. The van der Waals surface area contributed by atoms with Gasteiger partial charge in [-0.2, -0.15) is 11.8 Å². The molecule has 1 fully saturated rings.